The van der Waals surface area contributed by atoms with E-state index in [0.29, 0.717) is 12.2 Å². The van der Waals surface area contributed by atoms with E-state index in [2.05, 4.69) is 106 Å². The lowest BCUT2D eigenvalue weighted by molar-refractivity contribution is 0.671. The van der Waals surface area contributed by atoms with Crippen molar-refractivity contribution in [3.05, 3.63) is 155 Å². The van der Waals surface area contributed by atoms with Crippen LogP contribution in [0.3, 0.4) is 0 Å². The Labute approximate surface area is 262 Å². The van der Waals surface area contributed by atoms with Crippen LogP contribution in [0.1, 0.15) is 17.5 Å². The van der Waals surface area contributed by atoms with Gasteiger partial charge in [-0.25, -0.2) is 4.98 Å². The highest BCUT2D eigenvalue weighted by Crippen LogP contribution is 2.34. The smallest absolute Gasteiger partial charge is 0.275 e. The van der Waals surface area contributed by atoms with E-state index in [9.17, 15) is 4.79 Å². The summed E-state index contributed by atoms with van der Waals surface area (Å²) in [5.41, 5.74) is 15.1. The number of hydrogen-bond acceptors (Lipinski definition) is 4. The molecule has 3 N–H and O–H groups in total. The maximum Gasteiger partial charge on any atom is 0.275 e. The van der Waals surface area contributed by atoms with Crippen molar-refractivity contribution in [1.29, 1.82) is 0 Å². The molecule has 5 aromatic carbocycles. The minimum Gasteiger partial charge on any atom is -0.363 e. The van der Waals surface area contributed by atoms with Crippen molar-refractivity contribution < 1.29 is 0 Å². The molecular formula is C39H35N5O. The Morgan fingerprint density at radius 3 is 2.07 bits per heavy atom. The quantitative estimate of drug-likeness (QED) is 0.171. The van der Waals surface area contributed by atoms with Gasteiger partial charge >= 0.3 is 0 Å². The topological polar surface area (TPSA) is 79.9 Å². The molecule has 0 fully saturated rings. The van der Waals surface area contributed by atoms with E-state index < -0.39 is 0 Å². The number of aryl methyl sites for hydroxylation is 1. The van der Waals surface area contributed by atoms with Gasteiger partial charge in [0, 0.05) is 53.5 Å². The second-order valence-corrected chi connectivity index (χ2v) is 11.4. The van der Waals surface area contributed by atoms with Crippen molar-refractivity contribution in [2.24, 2.45) is 5.73 Å². The minimum absolute atomic E-state index is 0.207. The summed E-state index contributed by atoms with van der Waals surface area (Å²) >= 11 is 0. The Morgan fingerprint density at radius 2 is 1.40 bits per heavy atom. The molecule has 0 bridgehead atoms. The molecule has 0 spiro atoms. The molecule has 0 aliphatic carbocycles. The van der Waals surface area contributed by atoms with Gasteiger partial charge in [0.25, 0.3) is 5.56 Å². The van der Waals surface area contributed by atoms with Crippen LogP contribution in [-0.4, -0.2) is 21.1 Å². The van der Waals surface area contributed by atoms with E-state index in [1.165, 1.54) is 11.1 Å². The number of anilines is 1. The van der Waals surface area contributed by atoms with Crippen LogP contribution in [0.2, 0.25) is 0 Å². The van der Waals surface area contributed by atoms with Crippen molar-refractivity contribution in [3.8, 4) is 22.4 Å². The Hall–Kier alpha value is -5.46. The third-order valence-electron chi connectivity index (χ3n) is 8.33. The van der Waals surface area contributed by atoms with Crippen LogP contribution < -0.4 is 16.2 Å². The van der Waals surface area contributed by atoms with Gasteiger partial charge in [-0.2, -0.15) is 0 Å². The van der Waals surface area contributed by atoms with Crippen molar-refractivity contribution >= 4 is 27.6 Å². The first kappa shape index (κ1) is 28.3. The molecule has 2 heterocycles. The summed E-state index contributed by atoms with van der Waals surface area (Å²) in [4.78, 5) is 24.3. The average Bonchev–Trinajstić information content (AvgIpc) is 3.45. The number of aromatic nitrogens is 3. The van der Waals surface area contributed by atoms with E-state index in [1.807, 2.05) is 42.5 Å². The van der Waals surface area contributed by atoms with Gasteiger partial charge in [0.1, 0.15) is 5.69 Å². The number of para-hydroxylation sites is 1. The molecule has 0 saturated carbocycles. The number of rotatable bonds is 10. The molecule has 0 aliphatic heterocycles. The molecule has 2 aromatic heterocycles. The number of H-pyrrole nitrogens is 1. The third kappa shape index (κ3) is 5.88. The standard InChI is InChI=1S/C39H35N5O/c40-22-11-23-43-27-34(38-39(45)41-35-19-10-18-32(37(35)42-38)30-16-8-3-9-17-30)33-24-31(20-21-36(33)43)44(25-28-12-4-1-5-13-28)26-29-14-6-2-7-15-29/h1-10,12-21,24,27H,11,22-23,25-26,40H2,(H,41,45). The first-order valence-corrected chi connectivity index (χ1v) is 15.4. The van der Waals surface area contributed by atoms with Gasteiger partial charge in [0.05, 0.1) is 11.0 Å². The molecule has 0 aliphatic rings. The van der Waals surface area contributed by atoms with Gasteiger partial charge < -0.3 is 20.2 Å². The summed E-state index contributed by atoms with van der Waals surface area (Å²) in [7, 11) is 0. The van der Waals surface area contributed by atoms with Crippen LogP contribution >= 0.6 is 0 Å². The fourth-order valence-electron chi connectivity index (χ4n) is 6.11. The summed E-state index contributed by atoms with van der Waals surface area (Å²) in [6.07, 6.45) is 2.90. The number of hydrogen-bond donors (Lipinski definition) is 2. The fraction of sp³-hybridized carbons (Fsp3) is 0.128. The zero-order valence-corrected chi connectivity index (χ0v) is 25.1. The number of benzene rings is 5. The lowest BCUT2D eigenvalue weighted by atomic mass is 10.0. The second-order valence-electron chi connectivity index (χ2n) is 11.4. The molecule has 6 nitrogen and oxygen atoms in total. The molecule has 0 atom stereocenters. The Kier molecular flexibility index (Phi) is 7.96. The molecular weight excluding hydrogens is 554 g/mol. The largest absolute Gasteiger partial charge is 0.363 e. The number of nitrogens with one attached hydrogen (secondary N) is 1. The molecule has 7 aromatic rings. The predicted octanol–water partition coefficient (Wildman–Crippen LogP) is 7.77. The van der Waals surface area contributed by atoms with E-state index in [4.69, 9.17) is 10.7 Å². The van der Waals surface area contributed by atoms with Crippen molar-refractivity contribution in [2.75, 3.05) is 11.4 Å². The molecule has 6 heteroatoms. The summed E-state index contributed by atoms with van der Waals surface area (Å²) in [6, 6.07) is 43.7. The Bertz CT molecular complexity index is 2080. The van der Waals surface area contributed by atoms with E-state index in [-0.39, 0.29) is 5.56 Å². The van der Waals surface area contributed by atoms with Gasteiger partial charge in [-0.3, -0.25) is 4.79 Å². The zero-order chi connectivity index (χ0) is 30.6. The van der Waals surface area contributed by atoms with Gasteiger partial charge in [0.2, 0.25) is 0 Å². The lowest BCUT2D eigenvalue weighted by Crippen LogP contribution is -2.22. The summed E-state index contributed by atoms with van der Waals surface area (Å²) in [6.45, 7) is 2.84. The summed E-state index contributed by atoms with van der Waals surface area (Å²) in [5.74, 6) is 0. The van der Waals surface area contributed by atoms with Crippen molar-refractivity contribution in [1.82, 2.24) is 14.5 Å². The highest BCUT2D eigenvalue weighted by Gasteiger charge is 2.19. The maximum atomic E-state index is 13.7. The van der Waals surface area contributed by atoms with Gasteiger partial charge in [-0.15, -0.1) is 0 Å². The van der Waals surface area contributed by atoms with Crippen LogP contribution in [0.5, 0.6) is 0 Å². The normalized spacial score (nSPS) is 11.3. The molecule has 0 radical (unpaired) electrons. The molecule has 0 amide bonds. The van der Waals surface area contributed by atoms with E-state index in [0.717, 1.165) is 70.4 Å². The van der Waals surface area contributed by atoms with Crippen LogP contribution in [0.25, 0.3) is 44.3 Å². The molecule has 7 rings (SSSR count). The van der Waals surface area contributed by atoms with Crippen LogP contribution in [0.4, 0.5) is 5.69 Å². The maximum absolute atomic E-state index is 13.7. The molecule has 45 heavy (non-hydrogen) atoms. The van der Waals surface area contributed by atoms with Crippen LogP contribution in [-0.2, 0) is 19.6 Å². The highest BCUT2D eigenvalue weighted by atomic mass is 16.1. The monoisotopic (exact) mass is 589 g/mol. The molecule has 222 valence electrons. The number of aromatic amines is 1. The molecule has 0 saturated heterocycles. The summed E-state index contributed by atoms with van der Waals surface area (Å²) < 4.78 is 2.20. The van der Waals surface area contributed by atoms with E-state index in [1.54, 1.807) is 0 Å². The third-order valence-corrected chi connectivity index (χ3v) is 8.33. The SMILES string of the molecule is NCCCn1cc(-c2nc3c(-c4ccccc4)cccc3[nH]c2=O)c2cc(N(Cc3ccccc3)Cc3ccccc3)ccc21. The first-order chi connectivity index (χ1) is 22.2. The number of fused-ring (bicyclic) bond motifs is 2. The van der Waals surface area contributed by atoms with Gasteiger partial charge in [-0.05, 0) is 53.9 Å². The number of nitrogens with two attached hydrogens (primary N) is 1. The van der Waals surface area contributed by atoms with Gasteiger partial charge in [0.15, 0.2) is 0 Å². The van der Waals surface area contributed by atoms with Crippen molar-refractivity contribution in [2.45, 2.75) is 26.1 Å². The number of nitrogens with zero attached hydrogens (tertiary/aromatic N) is 3. The zero-order valence-electron chi connectivity index (χ0n) is 25.1. The van der Waals surface area contributed by atoms with E-state index >= 15 is 0 Å². The average molecular weight is 590 g/mol. The van der Waals surface area contributed by atoms with Crippen molar-refractivity contribution in [3.63, 3.8) is 0 Å². The Balaban J connectivity index is 1.40. The van der Waals surface area contributed by atoms with Gasteiger partial charge in [-0.1, -0.05) is 103 Å². The van der Waals surface area contributed by atoms with Crippen LogP contribution in [0, 0.1) is 0 Å². The molecule has 0 unspecified atom stereocenters. The van der Waals surface area contributed by atoms with Crippen LogP contribution in [0.15, 0.2) is 138 Å². The Morgan fingerprint density at radius 1 is 0.733 bits per heavy atom. The lowest BCUT2D eigenvalue weighted by Gasteiger charge is -2.26. The first-order valence-electron chi connectivity index (χ1n) is 15.4. The second kappa shape index (κ2) is 12.6. The fourth-order valence-corrected chi connectivity index (χ4v) is 6.11. The minimum atomic E-state index is -0.207. The highest BCUT2D eigenvalue weighted by molar-refractivity contribution is 5.99. The summed E-state index contributed by atoms with van der Waals surface area (Å²) in [5, 5.41) is 0.991. The predicted molar refractivity (Wildman–Crippen MR) is 185 cm³/mol.